The lowest BCUT2D eigenvalue weighted by atomic mass is 10.0. The first-order valence-corrected chi connectivity index (χ1v) is 13.1. The maximum Gasteiger partial charge on any atom is 0.328 e. The summed E-state index contributed by atoms with van der Waals surface area (Å²) in [7, 11) is 3.34. The molecule has 0 saturated carbocycles. The van der Waals surface area contributed by atoms with E-state index in [9.17, 15) is 14.0 Å². The zero-order valence-electron chi connectivity index (χ0n) is 21.6. The first-order chi connectivity index (χ1) is 18.8. The molecule has 4 heterocycles. The fourth-order valence-corrected chi connectivity index (χ4v) is 5.73. The molecule has 0 unspecified atom stereocenters. The van der Waals surface area contributed by atoms with Crippen LogP contribution in [0.3, 0.4) is 0 Å². The highest BCUT2D eigenvalue weighted by molar-refractivity contribution is 7.14. The van der Waals surface area contributed by atoms with Crippen LogP contribution in [0.25, 0.3) is 33.1 Å². The van der Waals surface area contributed by atoms with Crippen LogP contribution in [0.15, 0.2) is 79.3 Å². The van der Waals surface area contributed by atoms with Crippen LogP contribution < -0.4 is 0 Å². The molecular weight excluding hydrogens is 513 g/mol. The molecule has 0 N–H and O–H groups in total. The van der Waals surface area contributed by atoms with Crippen LogP contribution in [0.4, 0.5) is 9.18 Å². The number of fused-ring (bicyclic) bond motifs is 2. The Morgan fingerprint density at radius 2 is 1.74 bits per heavy atom. The number of carbonyl (C=O) groups excluding carboxylic acids is 2. The Morgan fingerprint density at radius 1 is 0.974 bits per heavy atom. The summed E-state index contributed by atoms with van der Waals surface area (Å²) in [6.07, 6.45) is 5.10. The number of hydrogen-bond donors (Lipinski definition) is 0. The number of amides is 1. The summed E-state index contributed by atoms with van der Waals surface area (Å²) in [6.45, 7) is 2.54. The van der Waals surface area contributed by atoms with Crippen molar-refractivity contribution in [2.75, 3.05) is 14.1 Å². The van der Waals surface area contributed by atoms with Gasteiger partial charge in [-0.1, -0.05) is 24.3 Å². The molecule has 6 aromatic rings. The first kappa shape index (κ1) is 24.7. The average molecular weight is 538 g/mol. The standard InChI is InChI=1S/C30H24FN5O2S/c1-18-33-25-15-32-13-12-26(25)35(18)16-22-9-11-28(39-22)29(37)24-17-36(30(38)34(2)3)27-14-20(6-10-23(24)27)19-4-7-21(31)8-5-19/h4-15,17H,16H2,1-3H3. The summed E-state index contributed by atoms with van der Waals surface area (Å²) in [5.74, 6) is 0.414. The highest BCUT2D eigenvalue weighted by Crippen LogP contribution is 2.31. The fraction of sp³-hybridized carbons (Fsp3) is 0.133. The van der Waals surface area contributed by atoms with Crippen LogP contribution in [0, 0.1) is 12.7 Å². The van der Waals surface area contributed by atoms with Gasteiger partial charge in [0.25, 0.3) is 0 Å². The molecule has 0 saturated heterocycles. The molecule has 0 fully saturated rings. The monoisotopic (exact) mass is 537 g/mol. The highest BCUT2D eigenvalue weighted by Gasteiger charge is 2.22. The molecule has 194 valence electrons. The Hall–Kier alpha value is -4.63. The van der Waals surface area contributed by atoms with Crippen LogP contribution >= 0.6 is 11.3 Å². The van der Waals surface area contributed by atoms with E-state index in [1.807, 2.05) is 43.3 Å². The van der Waals surface area contributed by atoms with E-state index in [4.69, 9.17) is 0 Å². The highest BCUT2D eigenvalue weighted by atomic mass is 32.1. The van der Waals surface area contributed by atoms with Gasteiger partial charge in [-0.15, -0.1) is 11.3 Å². The largest absolute Gasteiger partial charge is 0.330 e. The maximum atomic E-state index is 13.8. The van der Waals surface area contributed by atoms with Crippen LogP contribution in [-0.2, 0) is 6.54 Å². The molecular formula is C30H24FN5O2S. The first-order valence-electron chi connectivity index (χ1n) is 12.3. The van der Waals surface area contributed by atoms with Gasteiger partial charge in [-0.2, -0.15) is 0 Å². The van der Waals surface area contributed by atoms with Gasteiger partial charge in [-0.05, 0) is 54.4 Å². The number of pyridine rings is 1. The number of nitrogens with zero attached hydrogens (tertiary/aromatic N) is 5. The van der Waals surface area contributed by atoms with Gasteiger partial charge in [0, 0.05) is 42.3 Å². The lowest BCUT2D eigenvalue weighted by Gasteiger charge is -2.12. The second kappa shape index (κ2) is 9.59. The Labute approximate surface area is 227 Å². The summed E-state index contributed by atoms with van der Waals surface area (Å²) < 4.78 is 17.1. The van der Waals surface area contributed by atoms with Gasteiger partial charge >= 0.3 is 6.03 Å². The summed E-state index contributed by atoms with van der Waals surface area (Å²) in [4.78, 5) is 38.6. The van der Waals surface area contributed by atoms with Gasteiger partial charge in [0.2, 0.25) is 5.78 Å². The SMILES string of the molecule is Cc1nc2cnccc2n1Cc1ccc(C(=O)c2cn(C(=O)N(C)C)c3cc(-c4ccc(F)cc4)ccc23)s1. The average Bonchev–Trinajstić information content (AvgIpc) is 3.64. The zero-order valence-corrected chi connectivity index (χ0v) is 22.4. The Balaban J connectivity index is 1.38. The van der Waals surface area contributed by atoms with E-state index in [0.29, 0.717) is 27.9 Å². The van der Waals surface area contributed by atoms with Crippen molar-refractivity contribution in [3.8, 4) is 11.1 Å². The maximum absolute atomic E-state index is 13.8. The molecule has 39 heavy (non-hydrogen) atoms. The topological polar surface area (TPSA) is 73.0 Å². The second-order valence-corrected chi connectivity index (χ2v) is 10.7. The molecule has 9 heteroatoms. The van der Waals surface area contributed by atoms with Crippen LogP contribution in [-0.4, -0.2) is 49.9 Å². The summed E-state index contributed by atoms with van der Waals surface area (Å²) in [6, 6.07) is 17.3. The number of aryl methyl sites for hydroxylation is 1. The van der Waals surface area contributed by atoms with Crippen LogP contribution in [0.1, 0.15) is 25.9 Å². The predicted molar refractivity (Wildman–Crippen MR) is 151 cm³/mol. The molecule has 6 rings (SSSR count). The van der Waals surface area contributed by atoms with Gasteiger partial charge in [-0.25, -0.2) is 14.2 Å². The molecule has 1 amide bonds. The van der Waals surface area contributed by atoms with Crippen molar-refractivity contribution in [1.29, 1.82) is 0 Å². The van der Waals surface area contributed by atoms with Crippen molar-refractivity contribution >= 4 is 45.1 Å². The molecule has 2 aromatic carbocycles. The van der Waals surface area contributed by atoms with E-state index in [1.165, 1.54) is 32.9 Å². The number of benzene rings is 2. The van der Waals surface area contributed by atoms with E-state index in [2.05, 4.69) is 14.5 Å². The lowest BCUT2D eigenvalue weighted by Crippen LogP contribution is -2.26. The van der Waals surface area contributed by atoms with Gasteiger partial charge in [0.1, 0.15) is 17.2 Å². The second-order valence-electron chi connectivity index (χ2n) is 9.53. The van der Waals surface area contributed by atoms with Crippen molar-refractivity contribution in [2.45, 2.75) is 13.5 Å². The number of ketones is 1. The minimum Gasteiger partial charge on any atom is -0.330 e. The van der Waals surface area contributed by atoms with Gasteiger partial charge < -0.3 is 9.47 Å². The molecule has 0 atom stereocenters. The number of carbonyl (C=O) groups is 2. The van der Waals surface area contributed by atoms with Crippen LogP contribution in [0.5, 0.6) is 0 Å². The van der Waals surface area contributed by atoms with Gasteiger partial charge in [0.15, 0.2) is 0 Å². The fourth-order valence-electron chi connectivity index (χ4n) is 4.78. The van der Waals surface area contributed by atoms with Gasteiger partial charge in [-0.3, -0.25) is 14.3 Å². The van der Waals surface area contributed by atoms with Gasteiger partial charge in [0.05, 0.1) is 28.7 Å². The van der Waals surface area contributed by atoms with E-state index in [1.54, 1.807) is 44.8 Å². The van der Waals surface area contributed by atoms with Crippen molar-refractivity contribution in [1.82, 2.24) is 24.0 Å². The Kier molecular flexibility index (Phi) is 6.07. The Morgan fingerprint density at radius 3 is 2.51 bits per heavy atom. The number of thiophene rings is 1. The number of aromatic nitrogens is 4. The molecule has 0 bridgehead atoms. The summed E-state index contributed by atoms with van der Waals surface area (Å²) >= 11 is 1.43. The van der Waals surface area contributed by atoms with E-state index in [0.717, 1.165) is 32.9 Å². The molecule has 0 aliphatic heterocycles. The minimum absolute atomic E-state index is 0.146. The number of rotatable bonds is 5. The molecule has 0 radical (unpaired) electrons. The number of imidazole rings is 1. The zero-order chi connectivity index (χ0) is 27.3. The molecule has 7 nitrogen and oxygen atoms in total. The minimum atomic E-state index is -0.317. The van der Waals surface area contributed by atoms with Crippen molar-refractivity contribution in [3.63, 3.8) is 0 Å². The lowest BCUT2D eigenvalue weighted by molar-refractivity contribution is 0.104. The summed E-state index contributed by atoms with van der Waals surface area (Å²) in [5, 5.41) is 0.681. The third kappa shape index (κ3) is 4.40. The number of halogens is 1. The molecule has 0 aliphatic rings. The van der Waals surface area contributed by atoms with E-state index >= 15 is 0 Å². The third-order valence-electron chi connectivity index (χ3n) is 6.76. The normalized spacial score (nSPS) is 11.4. The van der Waals surface area contributed by atoms with Crippen molar-refractivity contribution in [3.05, 3.63) is 106 Å². The summed E-state index contributed by atoms with van der Waals surface area (Å²) in [5.41, 5.74) is 4.53. The smallest absolute Gasteiger partial charge is 0.328 e. The van der Waals surface area contributed by atoms with E-state index in [-0.39, 0.29) is 17.6 Å². The predicted octanol–water partition coefficient (Wildman–Crippen LogP) is 6.37. The number of hydrogen-bond acceptors (Lipinski definition) is 5. The third-order valence-corrected chi connectivity index (χ3v) is 7.83. The molecule has 0 aliphatic carbocycles. The van der Waals surface area contributed by atoms with Crippen molar-refractivity contribution in [2.24, 2.45) is 0 Å². The van der Waals surface area contributed by atoms with Crippen LogP contribution in [0.2, 0.25) is 0 Å². The van der Waals surface area contributed by atoms with E-state index < -0.39 is 0 Å². The van der Waals surface area contributed by atoms with Crippen molar-refractivity contribution < 1.29 is 14.0 Å². The molecule has 0 spiro atoms. The Bertz CT molecular complexity index is 1880. The quantitative estimate of drug-likeness (QED) is 0.240. The molecule has 4 aromatic heterocycles.